The molecule has 1 aliphatic heterocycles. The van der Waals surface area contributed by atoms with Gasteiger partial charge in [-0.15, -0.1) is 0 Å². The van der Waals surface area contributed by atoms with Gasteiger partial charge in [-0.3, -0.25) is 0 Å². The third kappa shape index (κ3) is 6.12. The number of nitrogens with zero attached hydrogens (tertiary/aromatic N) is 1. The Morgan fingerprint density at radius 2 is 1.34 bits per heavy atom. The van der Waals surface area contributed by atoms with E-state index < -0.39 is 14.4 Å². The Hall–Kier alpha value is -2.24. The Morgan fingerprint density at radius 1 is 0.829 bits per heavy atom. The molecule has 186 valence electrons. The standard InChI is InChI=1S/C31H41NO2Si/c1-31(2,3)26-18-16-25(17-19-26)30(33)15-10-22-32-23-20-29(21-24-32)35(34,27-11-6-4-7-12-27)28-13-8-5-9-14-28/h4-9,11-14,16-19,29-30,33-34H,10,15,20-24H2,1-3H3. The summed E-state index contributed by atoms with van der Waals surface area (Å²) >= 11 is 0. The van der Waals surface area contributed by atoms with Crippen LogP contribution in [0.25, 0.3) is 0 Å². The molecule has 1 atom stereocenters. The Labute approximate surface area is 212 Å². The highest BCUT2D eigenvalue weighted by Gasteiger charge is 2.44. The molecule has 3 aromatic rings. The average Bonchev–Trinajstić information content (AvgIpc) is 2.89. The summed E-state index contributed by atoms with van der Waals surface area (Å²) in [5.41, 5.74) is 2.76. The molecule has 0 spiro atoms. The van der Waals surface area contributed by atoms with Crippen LogP contribution in [0.1, 0.15) is 63.7 Å². The molecule has 1 fully saturated rings. The molecule has 1 aliphatic rings. The van der Waals surface area contributed by atoms with E-state index >= 15 is 0 Å². The first-order valence-electron chi connectivity index (χ1n) is 13.1. The highest BCUT2D eigenvalue weighted by atomic mass is 28.4. The molecular weight excluding hydrogens is 446 g/mol. The van der Waals surface area contributed by atoms with Gasteiger partial charge in [0, 0.05) is 0 Å². The maximum Gasteiger partial charge on any atom is 0.255 e. The van der Waals surface area contributed by atoms with Gasteiger partial charge in [0.15, 0.2) is 0 Å². The maximum atomic E-state index is 12.2. The molecule has 4 rings (SSSR count). The first kappa shape index (κ1) is 25.8. The maximum absolute atomic E-state index is 12.2. The number of benzene rings is 3. The Morgan fingerprint density at radius 3 is 1.83 bits per heavy atom. The van der Waals surface area contributed by atoms with Gasteiger partial charge in [-0.2, -0.15) is 0 Å². The van der Waals surface area contributed by atoms with Gasteiger partial charge < -0.3 is 14.8 Å². The number of likely N-dealkylation sites (tertiary alicyclic amines) is 1. The van der Waals surface area contributed by atoms with Crippen molar-refractivity contribution in [3.05, 3.63) is 96.1 Å². The predicted octanol–water partition coefficient (Wildman–Crippen LogP) is 5.02. The van der Waals surface area contributed by atoms with E-state index in [-0.39, 0.29) is 5.41 Å². The van der Waals surface area contributed by atoms with Crippen LogP contribution in [-0.4, -0.2) is 42.8 Å². The molecule has 0 saturated carbocycles. The minimum Gasteiger partial charge on any atom is -0.424 e. The molecule has 35 heavy (non-hydrogen) atoms. The van der Waals surface area contributed by atoms with E-state index in [4.69, 9.17) is 0 Å². The van der Waals surface area contributed by atoms with E-state index in [0.717, 1.165) is 61.3 Å². The third-order valence-electron chi connectivity index (χ3n) is 7.72. The number of rotatable bonds is 8. The second kappa shape index (κ2) is 11.2. The first-order valence-corrected chi connectivity index (χ1v) is 15.1. The Bertz CT molecular complexity index is 999. The van der Waals surface area contributed by atoms with E-state index in [1.165, 1.54) is 5.56 Å². The van der Waals surface area contributed by atoms with Crippen LogP contribution in [0, 0.1) is 0 Å². The zero-order chi connectivity index (χ0) is 24.9. The summed E-state index contributed by atoms with van der Waals surface area (Å²) in [5.74, 6) is 0. The highest BCUT2D eigenvalue weighted by molar-refractivity contribution is 6.97. The lowest BCUT2D eigenvalue weighted by molar-refractivity contribution is 0.150. The zero-order valence-electron chi connectivity index (χ0n) is 21.5. The summed E-state index contributed by atoms with van der Waals surface area (Å²) in [6.45, 7) is 9.66. The summed E-state index contributed by atoms with van der Waals surface area (Å²) in [5, 5.41) is 12.9. The van der Waals surface area contributed by atoms with Crippen LogP contribution < -0.4 is 10.4 Å². The van der Waals surface area contributed by atoms with Crippen LogP contribution in [0.3, 0.4) is 0 Å². The number of piperidine rings is 1. The number of aliphatic hydroxyl groups excluding tert-OH is 1. The molecule has 2 N–H and O–H groups in total. The van der Waals surface area contributed by atoms with E-state index in [1.54, 1.807) is 0 Å². The highest BCUT2D eigenvalue weighted by Crippen LogP contribution is 2.32. The van der Waals surface area contributed by atoms with Crippen LogP contribution in [0.2, 0.25) is 5.54 Å². The number of aliphatic hydroxyl groups is 1. The van der Waals surface area contributed by atoms with Crippen LogP contribution >= 0.6 is 0 Å². The lowest BCUT2D eigenvalue weighted by atomic mass is 9.86. The topological polar surface area (TPSA) is 43.7 Å². The third-order valence-corrected chi connectivity index (χ3v) is 11.9. The van der Waals surface area contributed by atoms with E-state index in [9.17, 15) is 9.90 Å². The molecule has 0 bridgehead atoms. The van der Waals surface area contributed by atoms with Crippen molar-refractivity contribution in [3.63, 3.8) is 0 Å². The number of hydrogen-bond acceptors (Lipinski definition) is 3. The molecular formula is C31H41NO2Si. The smallest absolute Gasteiger partial charge is 0.255 e. The van der Waals surface area contributed by atoms with Crippen LogP contribution in [-0.2, 0) is 5.41 Å². The van der Waals surface area contributed by atoms with Gasteiger partial charge in [-0.25, -0.2) is 0 Å². The first-order chi connectivity index (χ1) is 16.8. The van der Waals surface area contributed by atoms with Gasteiger partial charge >= 0.3 is 0 Å². The molecule has 1 heterocycles. The predicted molar refractivity (Wildman–Crippen MR) is 149 cm³/mol. The second-order valence-corrected chi connectivity index (χ2v) is 14.6. The molecule has 0 amide bonds. The zero-order valence-corrected chi connectivity index (χ0v) is 22.5. The van der Waals surface area contributed by atoms with Gasteiger partial charge in [0.1, 0.15) is 0 Å². The molecule has 0 aliphatic carbocycles. The average molecular weight is 488 g/mol. The van der Waals surface area contributed by atoms with Crippen molar-refractivity contribution in [1.82, 2.24) is 4.90 Å². The Balaban J connectivity index is 1.32. The van der Waals surface area contributed by atoms with Gasteiger partial charge in [-0.1, -0.05) is 106 Å². The molecule has 0 aromatic heterocycles. The van der Waals surface area contributed by atoms with Gasteiger partial charge in [-0.05, 0) is 77.8 Å². The summed E-state index contributed by atoms with van der Waals surface area (Å²) in [6.07, 6.45) is 3.38. The van der Waals surface area contributed by atoms with Crippen LogP contribution in [0.5, 0.6) is 0 Å². The van der Waals surface area contributed by atoms with Crippen molar-refractivity contribution in [3.8, 4) is 0 Å². The SMILES string of the molecule is CC(C)(C)c1ccc(C(O)CCCN2CCC([Si](O)(c3ccccc3)c3ccccc3)CC2)cc1. The van der Waals surface area contributed by atoms with Crippen molar-refractivity contribution in [2.75, 3.05) is 19.6 Å². The lowest BCUT2D eigenvalue weighted by Crippen LogP contribution is -2.63. The van der Waals surface area contributed by atoms with Gasteiger partial charge in [0.25, 0.3) is 8.32 Å². The monoisotopic (exact) mass is 487 g/mol. The molecule has 3 nitrogen and oxygen atoms in total. The largest absolute Gasteiger partial charge is 0.424 e. The normalized spacial score (nSPS) is 16.8. The molecule has 4 heteroatoms. The van der Waals surface area contributed by atoms with Crippen LogP contribution in [0.15, 0.2) is 84.9 Å². The van der Waals surface area contributed by atoms with Gasteiger partial charge in [0.2, 0.25) is 0 Å². The summed E-state index contributed by atoms with van der Waals surface area (Å²) in [4.78, 5) is 14.7. The fourth-order valence-corrected chi connectivity index (χ4v) is 9.25. The quantitative estimate of drug-likeness (QED) is 0.439. The lowest BCUT2D eigenvalue weighted by Gasteiger charge is -2.40. The van der Waals surface area contributed by atoms with E-state index in [1.807, 2.05) is 36.4 Å². The van der Waals surface area contributed by atoms with Crippen molar-refractivity contribution >= 4 is 18.7 Å². The minimum absolute atomic E-state index is 0.131. The van der Waals surface area contributed by atoms with E-state index in [0.29, 0.717) is 5.54 Å². The molecule has 3 aromatic carbocycles. The minimum atomic E-state index is -2.81. The van der Waals surface area contributed by atoms with E-state index in [2.05, 4.69) is 74.2 Å². The Kier molecular flexibility index (Phi) is 8.28. The number of hydrogen-bond donors (Lipinski definition) is 2. The fraction of sp³-hybridized carbons (Fsp3) is 0.419. The summed E-state index contributed by atoms with van der Waals surface area (Å²) in [7, 11) is -2.81. The van der Waals surface area contributed by atoms with Gasteiger partial charge in [0.05, 0.1) is 6.10 Å². The van der Waals surface area contributed by atoms with Crippen molar-refractivity contribution in [1.29, 1.82) is 0 Å². The van der Waals surface area contributed by atoms with Crippen LogP contribution in [0.4, 0.5) is 0 Å². The summed E-state index contributed by atoms with van der Waals surface area (Å²) < 4.78 is 0. The fourth-order valence-electron chi connectivity index (χ4n) is 5.48. The second-order valence-electron chi connectivity index (χ2n) is 11.1. The molecule has 1 unspecified atom stereocenters. The molecule has 1 saturated heterocycles. The molecule has 0 radical (unpaired) electrons. The van der Waals surface area contributed by atoms with Crippen molar-refractivity contribution in [2.45, 2.75) is 63.5 Å². The van der Waals surface area contributed by atoms with Crippen molar-refractivity contribution in [2.24, 2.45) is 0 Å². The van der Waals surface area contributed by atoms with Crippen molar-refractivity contribution < 1.29 is 9.90 Å². The summed E-state index contributed by atoms with van der Waals surface area (Å²) in [6, 6.07) is 29.1.